The van der Waals surface area contributed by atoms with Gasteiger partial charge in [-0.05, 0) is 188 Å². The first-order chi connectivity index (χ1) is 33.4. The molecule has 0 saturated heterocycles. The molecule has 0 unspecified atom stereocenters. The van der Waals surface area contributed by atoms with Gasteiger partial charge in [-0.25, -0.2) is 0 Å². The topological polar surface area (TPSA) is 3.24 Å². The summed E-state index contributed by atoms with van der Waals surface area (Å²) in [6, 6.07) is 68.8. The third-order valence-electron chi connectivity index (χ3n) is 18.1. The Kier molecular flexibility index (Phi) is 9.60. The molecule has 0 aromatic heterocycles. The maximum atomic E-state index is 2.70. The molecule has 8 aromatic carbocycles. The van der Waals surface area contributed by atoms with Gasteiger partial charge < -0.3 is 4.90 Å². The van der Waals surface area contributed by atoms with Gasteiger partial charge in [-0.3, -0.25) is 0 Å². The fraction of sp³-hybridized carbons (Fsp3) is 0.294. The Labute approximate surface area is 411 Å². The minimum Gasteiger partial charge on any atom is -0.310 e. The second-order valence-electron chi connectivity index (χ2n) is 23.6. The predicted molar refractivity (Wildman–Crippen MR) is 290 cm³/mol. The molecule has 1 heteroatoms. The van der Waals surface area contributed by atoms with Crippen molar-refractivity contribution in [1.82, 2.24) is 0 Å². The fourth-order valence-corrected chi connectivity index (χ4v) is 14.1. The first-order valence-corrected chi connectivity index (χ1v) is 26.1. The lowest BCUT2D eigenvalue weighted by atomic mass is 9.67. The zero-order valence-electron chi connectivity index (χ0n) is 41.5. The number of anilines is 3. The maximum absolute atomic E-state index is 2.70. The van der Waals surface area contributed by atoms with Crippen LogP contribution >= 0.6 is 0 Å². The van der Waals surface area contributed by atoms with Gasteiger partial charge in [0.15, 0.2) is 0 Å². The number of hydrogen-bond acceptors (Lipinski definition) is 1. The summed E-state index contributed by atoms with van der Waals surface area (Å²) in [5.41, 5.74) is 26.0. The normalized spacial score (nSPS) is 18.8. The first-order valence-electron chi connectivity index (χ1n) is 26.1. The van der Waals surface area contributed by atoms with Crippen molar-refractivity contribution in [2.75, 3.05) is 4.90 Å². The van der Waals surface area contributed by atoms with E-state index in [9.17, 15) is 0 Å². The lowest BCUT2D eigenvalue weighted by Gasteiger charge is -2.36. The molecule has 342 valence electrons. The highest BCUT2D eigenvalue weighted by Gasteiger charge is 2.52. The molecular formula is C68H65N. The van der Waals surface area contributed by atoms with Crippen LogP contribution in [0.5, 0.6) is 0 Å². The van der Waals surface area contributed by atoms with Crippen LogP contribution in [0.4, 0.5) is 17.1 Å². The Morgan fingerprint density at radius 3 is 1.32 bits per heavy atom. The minimum atomic E-state index is -0.466. The Bertz CT molecular complexity index is 3250. The summed E-state index contributed by atoms with van der Waals surface area (Å²) in [6.45, 7) is 14.7. The molecule has 0 N–H and O–H groups in total. The van der Waals surface area contributed by atoms with Crippen molar-refractivity contribution >= 4 is 17.1 Å². The Hall–Kier alpha value is -6.44. The number of hydrogen-bond donors (Lipinski definition) is 0. The highest BCUT2D eigenvalue weighted by Crippen LogP contribution is 2.65. The van der Waals surface area contributed by atoms with Gasteiger partial charge >= 0.3 is 0 Å². The number of para-hydroxylation sites is 1. The number of rotatable bonds is 6. The van der Waals surface area contributed by atoms with Gasteiger partial charge in [0.2, 0.25) is 0 Å². The summed E-state index contributed by atoms with van der Waals surface area (Å²) in [7, 11) is 0. The van der Waals surface area contributed by atoms with Gasteiger partial charge in [-0.2, -0.15) is 0 Å². The highest BCUT2D eigenvalue weighted by molar-refractivity contribution is 5.98. The van der Waals surface area contributed by atoms with Gasteiger partial charge in [0.05, 0.1) is 11.1 Å². The van der Waals surface area contributed by atoms with E-state index in [1.54, 1.807) is 0 Å². The molecule has 8 aromatic rings. The molecule has 0 amide bonds. The second-order valence-corrected chi connectivity index (χ2v) is 23.6. The Morgan fingerprint density at radius 2 is 0.754 bits per heavy atom. The van der Waals surface area contributed by atoms with Crippen molar-refractivity contribution in [3.8, 4) is 44.5 Å². The summed E-state index contributed by atoms with van der Waals surface area (Å²) in [4.78, 5) is 2.58. The molecule has 0 aliphatic heterocycles. The number of fused-ring (bicyclic) bond motifs is 13. The molecule has 13 rings (SSSR count). The Balaban J connectivity index is 1.06. The van der Waals surface area contributed by atoms with E-state index < -0.39 is 5.41 Å². The number of nitrogens with zero attached hydrogens (tertiary/aromatic N) is 1. The molecule has 1 nitrogen and oxygen atoms in total. The maximum Gasteiger partial charge on any atom is 0.0726 e. The van der Waals surface area contributed by atoms with Crippen LogP contribution in [0.3, 0.4) is 0 Å². The molecule has 0 heterocycles. The molecule has 0 radical (unpaired) electrons. The van der Waals surface area contributed by atoms with Crippen molar-refractivity contribution in [1.29, 1.82) is 0 Å². The predicted octanol–water partition coefficient (Wildman–Crippen LogP) is 18.8. The summed E-state index contributed by atoms with van der Waals surface area (Å²) in [5.74, 6) is 1.15. The quantitative estimate of drug-likeness (QED) is 0.161. The van der Waals surface area contributed by atoms with Gasteiger partial charge in [-0.1, -0.05) is 187 Å². The lowest BCUT2D eigenvalue weighted by molar-refractivity contribution is 0.224. The number of benzene rings is 8. The fourth-order valence-electron chi connectivity index (χ4n) is 14.1. The van der Waals surface area contributed by atoms with Gasteiger partial charge in [-0.15, -0.1) is 0 Å². The van der Waals surface area contributed by atoms with Crippen LogP contribution in [-0.4, -0.2) is 0 Å². The molecule has 5 aliphatic rings. The third-order valence-corrected chi connectivity index (χ3v) is 18.1. The van der Waals surface area contributed by atoms with Crippen LogP contribution in [-0.2, 0) is 10.8 Å². The Morgan fingerprint density at radius 1 is 0.348 bits per heavy atom. The van der Waals surface area contributed by atoms with E-state index in [-0.39, 0.29) is 5.41 Å². The molecule has 69 heavy (non-hydrogen) atoms. The van der Waals surface area contributed by atoms with Crippen molar-refractivity contribution < 1.29 is 0 Å². The highest BCUT2D eigenvalue weighted by atomic mass is 15.1. The largest absolute Gasteiger partial charge is 0.310 e. The third kappa shape index (κ3) is 6.55. The van der Waals surface area contributed by atoms with E-state index in [1.807, 2.05) is 0 Å². The van der Waals surface area contributed by atoms with Crippen LogP contribution < -0.4 is 4.90 Å². The minimum absolute atomic E-state index is 0.134. The zero-order valence-corrected chi connectivity index (χ0v) is 41.5. The van der Waals surface area contributed by atoms with Crippen molar-refractivity contribution in [3.63, 3.8) is 0 Å². The van der Waals surface area contributed by atoms with E-state index in [0.29, 0.717) is 22.7 Å². The lowest BCUT2D eigenvalue weighted by Crippen LogP contribution is -2.27. The van der Waals surface area contributed by atoms with Crippen LogP contribution in [0.2, 0.25) is 0 Å². The van der Waals surface area contributed by atoms with Gasteiger partial charge in [0.25, 0.3) is 0 Å². The molecule has 2 fully saturated rings. The summed E-state index contributed by atoms with van der Waals surface area (Å²) >= 11 is 0. The monoisotopic (exact) mass is 896 g/mol. The second kappa shape index (κ2) is 15.5. The van der Waals surface area contributed by atoms with E-state index in [2.05, 4.69) is 222 Å². The molecule has 1 spiro atoms. The van der Waals surface area contributed by atoms with E-state index in [1.165, 1.54) is 157 Å². The summed E-state index contributed by atoms with van der Waals surface area (Å²) in [5, 5.41) is 0. The van der Waals surface area contributed by atoms with E-state index >= 15 is 0 Å². The van der Waals surface area contributed by atoms with Crippen LogP contribution in [0.25, 0.3) is 44.5 Å². The first kappa shape index (κ1) is 42.6. The van der Waals surface area contributed by atoms with Crippen molar-refractivity contribution in [3.05, 3.63) is 220 Å². The standard InChI is InChI=1S/C68H65N/c1-65(2)36-32-44(33-37-65)47-24-28-55-56-29-25-48(45-34-38-66(3,4)39-35-45)41-62(56)68(61(55)40-47)59-22-14-11-20-53(59)57-31-27-50(43-63(57)68)69(64-23-15-12-18-51(64)46-16-8-7-9-17-46)49-26-30-54-52-19-10-13-21-58(52)67(5,6)60(54)42-49/h7-31,40-45H,32-39H2,1-6H3. The van der Waals surface area contributed by atoms with Crippen LogP contribution in [0.15, 0.2) is 176 Å². The zero-order chi connectivity index (χ0) is 46.9. The van der Waals surface area contributed by atoms with Gasteiger partial charge in [0.1, 0.15) is 0 Å². The van der Waals surface area contributed by atoms with Crippen molar-refractivity contribution in [2.24, 2.45) is 10.8 Å². The molecule has 2 saturated carbocycles. The average Bonchev–Trinajstić information content (AvgIpc) is 3.92. The molecular weight excluding hydrogens is 831 g/mol. The summed E-state index contributed by atoms with van der Waals surface area (Å²) in [6.07, 6.45) is 10.1. The molecule has 5 aliphatic carbocycles. The smallest absolute Gasteiger partial charge is 0.0726 e. The van der Waals surface area contributed by atoms with Crippen LogP contribution in [0, 0.1) is 10.8 Å². The van der Waals surface area contributed by atoms with Gasteiger partial charge in [0, 0.05) is 22.4 Å². The van der Waals surface area contributed by atoms with E-state index in [4.69, 9.17) is 0 Å². The SMILES string of the molecule is CC1(C)CCC(c2ccc3c(c2)C2(c4ccccc4-c4ccc(N(c5ccc6c(c5)C(C)(C)c5ccccc5-6)c5ccccc5-c5ccccc5)cc42)c2cc(C4CCC(C)(C)CC4)ccc2-3)CC1. The molecule has 0 atom stereocenters. The molecule has 0 bridgehead atoms. The average molecular weight is 896 g/mol. The van der Waals surface area contributed by atoms with Crippen LogP contribution in [0.1, 0.15) is 149 Å². The van der Waals surface area contributed by atoms with Crippen molar-refractivity contribution in [2.45, 2.75) is 116 Å². The summed E-state index contributed by atoms with van der Waals surface area (Å²) < 4.78 is 0. The van der Waals surface area contributed by atoms with E-state index in [0.717, 1.165) is 0 Å².